The first-order valence-electron chi connectivity index (χ1n) is 11.7. The molecule has 2 aliphatic rings. The van der Waals surface area contributed by atoms with Crippen LogP contribution < -0.4 is 4.90 Å². The molecular formula is C26H30N4OS. The minimum Gasteiger partial charge on any atom is -0.369 e. The number of carbonyl (C=O) groups excluding carboxylic acids is 1. The first-order chi connectivity index (χ1) is 15.7. The number of aromatic nitrogens is 2. The predicted molar refractivity (Wildman–Crippen MR) is 131 cm³/mol. The fourth-order valence-electron chi connectivity index (χ4n) is 4.93. The van der Waals surface area contributed by atoms with Gasteiger partial charge in [0.2, 0.25) is 0 Å². The number of hydrogen-bond donors (Lipinski definition) is 0. The van der Waals surface area contributed by atoms with Crippen molar-refractivity contribution in [2.75, 3.05) is 31.1 Å². The lowest BCUT2D eigenvalue weighted by Crippen LogP contribution is -2.51. The van der Waals surface area contributed by atoms with Crippen LogP contribution in [0.4, 0.5) is 5.69 Å². The second-order valence-electron chi connectivity index (χ2n) is 9.14. The standard InChI is InChI=1S/C26H30N4OS/c1-19-2-10-23(11-3-19)29-14-16-30(17-15-29)24-12-8-22(9-13-24)26-28-27-25(32-26)21-6-4-20(18-31)5-7-21/h4-9,12-13,18-19,23H,2-3,10-11,14-17H2,1H3. The molecule has 1 aliphatic heterocycles. The summed E-state index contributed by atoms with van der Waals surface area (Å²) in [6.07, 6.45) is 6.39. The van der Waals surface area contributed by atoms with E-state index in [4.69, 9.17) is 0 Å². The van der Waals surface area contributed by atoms with Crippen LogP contribution >= 0.6 is 11.3 Å². The Morgan fingerprint density at radius 3 is 1.94 bits per heavy atom. The van der Waals surface area contributed by atoms with Crippen LogP contribution in [-0.2, 0) is 0 Å². The van der Waals surface area contributed by atoms with Crippen molar-refractivity contribution >= 4 is 23.3 Å². The Hall–Kier alpha value is -2.57. The highest BCUT2D eigenvalue weighted by atomic mass is 32.1. The van der Waals surface area contributed by atoms with Gasteiger partial charge in [-0.1, -0.05) is 42.5 Å². The third-order valence-electron chi connectivity index (χ3n) is 7.01. The predicted octanol–water partition coefficient (Wildman–Crippen LogP) is 5.39. The molecule has 1 aliphatic carbocycles. The molecule has 32 heavy (non-hydrogen) atoms. The summed E-state index contributed by atoms with van der Waals surface area (Å²) in [5.41, 5.74) is 4.04. The summed E-state index contributed by atoms with van der Waals surface area (Å²) >= 11 is 1.58. The van der Waals surface area contributed by atoms with Crippen LogP contribution in [0.3, 0.4) is 0 Å². The van der Waals surface area contributed by atoms with Crippen LogP contribution in [0.15, 0.2) is 48.5 Å². The van der Waals surface area contributed by atoms with E-state index in [0.717, 1.165) is 52.5 Å². The van der Waals surface area contributed by atoms with Crippen LogP contribution in [-0.4, -0.2) is 53.6 Å². The van der Waals surface area contributed by atoms with E-state index >= 15 is 0 Å². The largest absolute Gasteiger partial charge is 0.369 e. The van der Waals surface area contributed by atoms with Crippen molar-refractivity contribution in [3.63, 3.8) is 0 Å². The molecule has 6 heteroatoms. The first kappa shape index (κ1) is 21.3. The number of anilines is 1. The van der Waals surface area contributed by atoms with Crippen molar-refractivity contribution in [1.29, 1.82) is 0 Å². The molecule has 0 amide bonds. The minimum atomic E-state index is 0.670. The summed E-state index contributed by atoms with van der Waals surface area (Å²) in [7, 11) is 0. The summed E-state index contributed by atoms with van der Waals surface area (Å²) < 4.78 is 0. The maximum Gasteiger partial charge on any atom is 0.150 e. The third-order valence-corrected chi connectivity index (χ3v) is 8.04. The smallest absolute Gasteiger partial charge is 0.150 e. The van der Waals surface area contributed by atoms with Crippen molar-refractivity contribution in [3.05, 3.63) is 54.1 Å². The van der Waals surface area contributed by atoms with Crippen LogP contribution in [0.2, 0.25) is 0 Å². The number of rotatable bonds is 5. The maximum absolute atomic E-state index is 10.9. The number of benzene rings is 2. The Labute approximate surface area is 194 Å². The van der Waals surface area contributed by atoms with E-state index in [0.29, 0.717) is 5.56 Å². The molecule has 2 fully saturated rings. The molecule has 0 unspecified atom stereocenters. The van der Waals surface area contributed by atoms with Gasteiger partial charge in [0, 0.05) is 54.6 Å². The zero-order chi connectivity index (χ0) is 21.9. The summed E-state index contributed by atoms with van der Waals surface area (Å²) in [5, 5.41) is 10.5. The van der Waals surface area contributed by atoms with Crippen molar-refractivity contribution in [2.24, 2.45) is 5.92 Å². The van der Waals surface area contributed by atoms with E-state index in [-0.39, 0.29) is 0 Å². The van der Waals surface area contributed by atoms with Gasteiger partial charge in [-0.15, -0.1) is 10.2 Å². The van der Waals surface area contributed by atoms with Gasteiger partial charge in [0.1, 0.15) is 16.3 Å². The highest BCUT2D eigenvalue weighted by Crippen LogP contribution is 2.32. The van der Waals surface area contributed by atoms with Gasteiger partial charge in [-0.2, -0.15) is 0 Å². The molecule has 5 nitrogen and oxygen atoms in total. The van der Waals surface area contributed by atoms with E-state index in [1.54, 1.807) is 11.3 Å². The van der Waals surface area contributed by atoms with Crippen LogP contribution in [0, 0.1) is 5.92 Å². The Morgan fingerprint density at radius 1 is 0.812 bits per heavy atom. The molecule has 1 saturated carbocycles. The van der Waals surface area contributed by atoms with E-state index in [1.807, 2.05) is 24.3 Å². The van der Waals surface area contributed by atoms with Gasteiger partial charge in [0.15, 0.2) is 0 Å². The molecule has 2 aromatic carbocycles. The monoisotopic (exact) mass is 446 g/mol. The van der Waals surface area contributed by atoms with Crippen molar-refractivity contribution in [3.8, 4) is 21.1 Å². The third kappa shape index (κ3) is 4.62. The Morgan fingerprint density at radius 2 is 1.38 bits per heavy atom. The molecule has 5 rings (SSSR count). The molecule has 3 aromatic rings. The van der Waals surface area contributed by atoms with E-state index in [9.17, 15) is 4.79 Å². The van der Waals surface area contributed by atoms with Crippen molar-refractivity contribution < 1.29 is 4.79 Å². The average molecular weight is 447 g/mol. The summed E-state index contributed by atoms with van der Waals surface area (Å²) in [4.78, 5) is 16.1. The minimum absolute atomic E-state index is 0.670. The summed E-state index contributed by atoms with van der Waals surface area (Å²) in [5.74, 6) is 0.915. The van der Waals surface area contributed by atoms with Gasteiger partial charge in [0.05, 0.1) is 0 Å². The lowest BCUT2D eigenvalue weighted by molar-refractivity contribution is 0.112. The first-order valence-corrected chi connectivity index (χ1v) is 12.5. The van der Waals surface area contributed by atoms with Gasteiger partial charge < -0.3 is 4.90 Å². The molecule has 0 atom stereocenters. The Bertz CT molecular complexity index is 1030. The number of carbonyl (C=O) groups is 1. The average Bonchev–Trinajstić information content (AvgIpc) is 3.35. The second kappa shape index (κ2) is 9.51. The van der Waals surface area contributed by atoms with Crippen LogP contribution in [0.25, 0.3) is 21.1 Å². The van der Waals surface area contributed by atoms with E-state index in [2.05, 4.69) is 51.2 Å². The maximum atomic E-state index is 10.9. The normalized spacial score (nSPS) is 22.1. The molecule has 0 bridgehead atoms. The van der Waals surface area contributed by atoms with Gasteiger partial charge in [-0.25, -0.2) is 0 Å². The number of hydrogen-bond acceptors (Lipinski definition) is 6. The number of nitrogens with zero attached hydrogens (tertiary/aromatic N) is 4. The van der Waals surface area contributed by atoms with E-state index in [1.165, 1.54) is 44.5 Å². The molecule has 0 spiro atoms. The van der Waals surface area contributed by atoms with Gasteiger partial charge >= 0.3 is 0 Å². The van der Waals surface area contributed by atoms with Crippen molar-refractivity contribution in [2.45, 2.75) is 38.6 Å². The second-order valence-corrected chi connectivity index (χ2v) is 10.1. The molecular weight excluding hydrogens is 416 g/mol. The van der Waals surface area contributed by atoms with Crippen LogP contribution in [0.1, 0.15) is 43.0 Å². The van der Waals surface area contributed by atoms with Crippen molar-refractivity contribution in [1.82, 2.24) is 15.1 Å². The lowest BCUT2D eigenvalue weighted by atomic mass is 9.86. The number of aldehydes is 1. The quantitative estimate of drug-likeness (QED) is 0.492. The topological polar surface area (TPSA) is 49.3 Å². The van der Waals surface area contributed by atoms with E-state index < -0.39 is 0 Å². The fourth-order valence-corrected chi connectivity index (χ4v) is 5.78. The highest BCUT2D eigenvalue weighted by Gasteiger charge is 2.27. The SMILES string of the molecule is CC1CCC(N2CCN(c3ccc(-c4nnc(-c5ccc(C=O)cc5)s4)cc3)CC2)CC1. The van der Waals surface area contributed by atoms with Crippen LogP contribution in [0.5, 0.6) is 0 Å². The Balaban J connectivity index is 1.20. The molecule has 0 N–H and O–H groups in total. The van der Waals surface area contributed by atoms with Gasteiger partial charge in [0.25, 0.3) is 0 Å². The zero-order valence-electron chi connectivity index (χ0n) is 18.6. The number of piperazine rings is 1. The Kier molecular flexibility index (Phi) is 6.32. The molecule has 166 valence electrons. The molecule has 1 aromatic heterocycles. The molecule has 1 saturated heterocycles. The highest BCUT2D eigenvalue weighted by molar-refractivity contribution is 7.17. The van der Waals surface area contributed by atoms with Gasteiger partial charge in [-0.3, -0.25) is 9.69 Å². The molecule has 2 heterocycles. The lowest BCUT2D eigenvalue weighted by Gasteiger charge is -2.42. The summed E-state index contributed by atoms with van der Waals surface area (Å²) in [6.45, 7) is 6.94. The fraction of sp³-hybridized carbons (Fsp3) is 0.423. The summed E-state index contributed by atoms with van der Waals surface area (Å²) in [6, 6.07) is 17.0. The molecule has 0 radical (unpaired) electrons. The van der Waals surface area contributed by atoms with Gasteiger partial charge in [-0.05, 0) is 55.9 Å². The zero-order valence-corrected chi connectivity index (χ0v) is 19.4.